The van der Waals surface area contributed by atoms with Gasteiger partial charge in [-0.25, -0.2) is 0 Å². The van der Waals surface area contributed by atoms with E-state index in [4.69, 9.17) is 9.47 Å². The molecule has 2 fully saturated rings. The van der Waals surface area contributed by atoms with E-state index in [1.54, 1.807) is 60.5 Å². The fourth-order valence-electron chi connectivity index (χ4n) is 5.16. The van der Waals surface area contributed by atoms with Gasteiger partial charge in [0.25, 0.3) is 0 Å². The van der Waals surface area contributed by atoms with E-state index in [1.165, 1.54) is 4.90 Å². The number of hydrogen-bond acceptors (Lipinski definition) is 6. The third-order valence-electron chi connectivity index (χ3n) is 7.01. The molecule has 0 bridgehead atoms. The first-order valence-corrected chi connectivity index (χ1v) is 11.7. The van der Waals surface area contributed by atoms with E-state index in [9.17, 15) is 19.2 Å². The SMILES string of the molecule is COc1cccc(N2C[C@H](C(=O)Oc3ccc(N4C(=O)[C@H]5[C@H](C)C=CC[C@@H]5C4=O)cc3)CC2=O)c1. The highest BCUT2D eigenvalue weighted by atomic mass is 16.5. The van der Waals surface area contributed by atoms with Crippen LogP contribution >= 0.6 is 0 Å². The number of anilines is 2. The molecule has 4 atom stereocenters. The molecule has 0 N–H and O–H groups in total. The van der Waals surface area contributed by atoms with Crippen LogP contribution in [0.25, 0.3) is 0 Å². The molecule has 5 rings (SSSR count). The van der Waals surface area contributed by atoms with Crippen molar-refractivity contribution in [3.8, 4) is 11.5 Å². The van der Waals surface area contributed by atoms with Crippen LogP contribution in [0, 0.1) is 23.7 Å². The summed E-state index contributed by atoms with van der Waals surface area (Å²) in [5.74, 6) is -1.38. The molecule has 0 unspecified atom stereocenters. The van der Waals surface area contributed by atoms with E-state index >= 15 is 0 Å². The van der Waals surface area contributed by atoms with Gasteiger partial charge in [-0.3, -0.25) is 24.1 Å². The highest BCUT2D eigenvalue weighted by Gasteiger charge is 2.50. The van der Waals surface area contributed by atoms with E-state index in [0.29, 0.717) is 23.5 Å². The smallest absolute Gasteiger partial charge is 0.316 e. The highest BCUT2D eigenvalue weighted by Crippen LogP contribution is 2.40. The lowest BCUT2D eigenvalue weighted by atomic mass is 9.78. The monoisotopic (exact) mass is 474 g/mol. The van der Waals surface area contributed by atoms with Gasteiger partial charge in [-0.05, 0) is 48.7 Å². The molecule has 8 heteroatoms. The molecule has 2 aliphatic heterocycles. The summed E-state index contributed by atoms with van der Waals surface area (Å²) < 4.78 is 10.7. The van der Waals surface area contributed by atoms with Crippen molar-refractivity contribution in [2.45, 2.75) is 19.8 Å². The Morgan fingerprint density at radius 1 is 0.971 bits per heavy atom. The second-order valence-corrected chi connectivity index (χ2v) is 9.19. The maximum absolute atomic E-state index is 13.0. The minimum absolute atomic E-state index is 0.0149. The number of esters is 1. The van der Waals surface area contributed by atoms with E-state index < -0.39 is 11.9 Å². The van der Waals surface area contributed by atoms with Crippen molar-refractivity contribution in [1.82, 2.24) is 0 Å². The average Bonchev–Trinajstić information content (AvgIpc) is 3.38. The van der Waals surface area contributed by atoms with Gasteiger partial charge in [-0.15, -0.1) is 0 Å². The van der Waals surface area contributed by atoms with Crippen molar-refractivity contribution in [2.75, 3.05) is 23.5 Å². The molecular formula is C27H26N2O6. The predicted octanol–water partition coefficient (Wildman–Crippen LogP) is 3.36. The van der Waals surface area contributed by atoms with Crippen LogP contribution in [-0.4, -0.2) is 37.3 Å². The van der Waals surface area contributed by atoms with Crippen LogP contribution in [0.15, 0.2) is 60.7 Å². The summed E-state index contributed by atoms with van der Waals surface area (Å²) >= 11 is 0. The molecule has 2 aromatic rings. The van der Waals surface area contributed by atoms with Crippen LogP contribution in [0.3, 0.4) is 0 Å². The number of amides is 3. The van der Waals surface area contributed by atoms with Gasteiger partial charge < -0.3 is 14.4 Å². The van der Waals surface area contributed by atoms with Crippen molar-refractivity contribution in [3.05, 3.63) is 60.7 Å². The number of ether oxygens (including phenoxy) is 2. The third-order valence-corrected chi connectivity index (χ3v) is 7.01. The molecular weight excluding hydrogens is 448 g/mol. The number of allylic oxidation sites excluding steroid dienone is 2. The molecule has 2 heterocycles. The zero-order valence-corrected chi connectivity index (χ0v) is 19.5. The summed E-state index contributed by atoms with van der Waals surface area (Å²) in [5.41, 5.74) is 1.13. The number of carbonyl (C=O) groups excluding carboxylic acids is 4. The Balaban J connectivity index is 1.25. The topological polar surface area (TPSA) is 93.2 Å². The molecule has 0 radical (unpaired) electrons. The summed E-state index contributed by atoms with van der Waals surface area (Å²) in [6, 6.07) is 13.5. The zero-order chi connectivity index (χ0) is 24.7. The van der Waals surface area contributed by atoms with Gasteiger partial charge in [0.2, 0.25) is 17.7 Å². The fraction of sp³-hybridized carbons (Fsp3) is 0.333. The Kier molecular flexibility index (Phi) is 5.88. The van der Waals surface area contributed by atoms with Crippen molar-refractivity contribution in [2.24, 2.45) is 23.7 Å². The molecule has 1 aliphatic carbocycles. The van der Waals surface area contributed by atoms with Crippen molar-refractivity contribution >= 4 is 35.1 Å². The first-order valence-electron chi connectivity index (χ1n) is 11.7. The lowest BCUT2D eigenvalue weighted by molar-refractivity contribution is -0.139. The normalized spacial score (nSPS) is 25.7. The Morgan fingerprint density at radius 2 is 1.74 bits per heavy atom. The molecule has 0 saturated carbocycles. The van der Waals surface area contributed by atoms with Gasteiger partial charge in [-0.1, -0.05) is 25.1 Å². The number of fused-ring (bicyclic) bond motifs is 1. The maximum Gasteiger partial charge on any atom is 0.316 e. The minimum Gasteiger partial charge on any atom is -0.497 e. The number of benzene rings is 2. The molecule has 180 valence electrons. The number of imide groups is 1. The number of hydrogen-bond donors (Lipinski definition) is 0. The first-order chi connectivity index (χ1) is 16.9. The lowest BCUT2D eigenvalue weighted by Crippen LogP contribution is -2.31. The molecule has 8 nitrogen and oxygen atoms in total. The maximum atomic E-state index is 13.0. The lowest BCUT2D eigenvalue weighted by Gasteiger charge is -2.22. The van der Waals surface area contributed by atoms with Gasteiger partial charge >= 0.3 is 5.97 Å². The van der Waals surface area contributed by atoms with Crippen molar-refractivity contribution < 1.29 is 28.7 Å². The molecule has 0 spiro atoms. The van der Waals surface area contributed by atoms with E-state index in [2.05, 4.69) is 0 Å². The number of carbonyl (C=O) groups is 4. The third kappa shape index (κ3) is 4.09. The highest BCUT2D eigenvalue weighted by molar-refractivity contribution is 6.22. The summed E-state index contributed by atoms with van der Waals surface area (Å²) in [4.78, 5) is 53.9. The van der Waals surface area contributed by atoms with E-state index in [1.807, 2.05) is 19.1 Å². The van der Waals surface area contributed by atoms with Crippen LogP contribution < -0.4 is 19.3 Å². The second kappa shape index (κ2) is 9.02. The van der Waals surface area contributed by atoms with Crippen molar-refractivity contribution in [1.29, 1.82) is 0 Å². The van der Waals surface area contributed by atoms with Gasteiger partial charge in [-0.2, -0.15) is 0 Å². The number of methoxy groups -OCH3 is 1. The summed E-state index contributed by atoms with van der Waals surface area (Å²) in [6.45, 7) is 2.17. The molecule has 0 aromatic heterocycles. The van der Waals surface area contributed by atoms with Gasteiger partial charge in [0, 0.05) is 24.7 Å². The second-order valence-electron chi connectivity index (χ2n) is 9.19. The fourth-order valence-corrected chi connectivity index (χ4v) is 5.16. The summed E-state index contributed by atoms with van der Waals surface area (Å²) in [5, 5.41) is 0. The molecule has 3 amide bonds. The number of rotatable bonds is 5. The van der Waals surface area contributed by atoms with E-state index in [-0.39, 0.29) is 54.2 Å². The molecule has 35 heavy (non-hydrogen) atoms. The molecule has 2 saturated heterocycles. The van der Waals surface area contributed by atoms with E-state index in [0.717, 1.165) is 0 Å². The zero-order valence-electron chi connectivity index (χ0n) is 19.5. The largest absolute Gasteiger partial charge is 0.497 e. The van der Waals surface area contributed by atoms with Gasteiger partial charge in [0.15, 0.2) is 0 Å². The van der Waals surface area contributed by atoms with Crippen LogP contribution in [-0.2, 0) is 19.2 Å². The molecule has 2 aromatic carbocycles. The average molecular weight is 475 g/mol. The quantitative estimate of drug-likeness (QED) is 0.286. The standard InChI is InChI=1S/C27H26N2O6/c1-16-5-3-8-22-24(16)26(32)29(25(22)31)18-9-11-20(12-10-18)35-27(33)17-13-23(30)28(15-17)19-6-4-7-21(14-19)34-2/h3-7,9-12,14,16-17,22,24H,8,13,15H2,1-2H3/t16-,17-,22+,24+/m1/s1. The Hall–Kier alpha value is -3.94. The Bertz CT molecular complexity index is 1220. The minimum atomic E-state index is -0.604. The van der Waals surface area contributed by atoms with Crippen molar-refractivity contribution in [3.63, 3.8) is 0 Å². The summed E-state index contributed by atoms with van der Waals surface area (Å²) in [7, 11) is 1.55. The first kappa shape index (κ1) is 22.8. The van der Waals surface area contributed by atoms with Crippen LogP contribution in [0.4, 0.5) is 11.4 Å². The van der Waals surface area contributed by atoms with Crippen LogP contribution in [0.2, 0.25) is 0 Å². The van der Waals surface area contributed by atoms with Crippen LogP contribution in [0.5, 0.6) is 11.5 Å². The summed E-state index contributed by atoms with van der Waals surface area (Å²) in [6.07, 6.45) is 4.58. The predicted molar refractivity (Wildman–Crippen MR) is 128 cm³/mol. The Morgan fingerprint density at radius 3 is 2.46 bits per heavy atom. The van der Waals surface area contributed by atoms with Gasteiger partial charge in [0.1, 0.15) is 11.5 Å². The van der Waals surface area contributed by atoms with Crippen LogP contribution in [0.1, 0.15) is 19.8 Å². The number of nitrogens with zero attached hydrogens (tertiary/aromatic N) is 2. The Labute approximate surface area is 203 Å². The molecule has 3 aliphatic rings. The van der Waals surface area contributed by atoms with Gasteiger partial charge in [0.05, 0.1) is 30.6 Å².